The third kappa shape index (κ3) is 7.48. The SMILES string of the molecule is CN(C)CCCNCCC(=O)NCc1ccccc1Cl. The molecule has 20 heavy (non-hydrogen) atoms. The van der Waals surface area contributed by atoms with E-state index in [9.17, 15) is 4.79 Å². The molecular weight excluding hydrogens is 274 g/mol. The predicted octanol–water partition coefficient (Wildman–Crippen LogP) is 1.89. The van der Waals surface area contributed by atoms with Crippen molar-refractivity contribution in [2.75, 3.05) is 33.7 Å². The molecule has 0 radical (unpaired) electrons. The molecule has 0 spiro atoms. The Morgan fingerprint density at radius 1 is 1.25 bits per heavy atom. The summed E-state index contributed by atoms with van der Waals surface area (Å²) in [4.78, 5) is 13.8. The molecule has 0 atom stereocenters. The highest BCUT2D eigenvalue weighted by molar-refractivity contribution is 6.31. The van der Waals surface area contributed by atoms with Crippen LogP contribution in [0.15, 0.2) is 24.3 Å². The van der Waals surface area contributed by atoms with Crippen molar-refractivity contribution in [3.05, 3.63) is 34.9 Å². The summed E-state index contributed by atoms with van der Waals surface area (Å²) in [6, 6.07) is 7.54. The van der Waals surface area contributed by atoms with Crippen molar-refractivity contribution in [1.82, 2.24) is 15.5 Å². The van der Waals surface area contributed by atoms with Crippen molar-refractivity contribution >= 4 is 17.5 Å². The second-order valence-corrected chi connectivity index (χ2v) is 5.43. The van der Waals surface area contributed by atoms with E-state index in [1.54, 1.807) is 0 Å². The summed E-state index contributed by atoms with van der Waals surface area (Å²) in [5.41, 5.74) is 0.946. The first kappa shape index (κ1) is 17.0. The first-order valence-corrected chi connectivity index (χ1v) is 7.33. The third-order valence-electron chi connectivity index (χ3n) is 2.92. The zero-order valence-corrected chi connectivity index (χ0v) is 13.0. The molecule has 0 bridgehead atoms. The fourth-order valence-electron chi connectivity index (χ4n) is 1.77. The second kappa shape index (κ2) is 9.75. The maximum absolute atomic E-state index is 11.7. The minimum atomic E-state index is 0.0463. The Kier molecular flexibility index (Phi) is 8.26. The van der Waals surface area contributed by atoms with Gasteiger partial charge in [-0.15, -0.1) is 0 Å². The van der Waals surface area contributed by atoms with Gasteiger partial charge in [-0.05, 0) is 45.2 Å². The van der Waals surface area contributed by atoms with E-state index in [4.69, 9.17) is 11.6 Å². The summed E-state index contributed by atoms with van der Waals surface area (Å²) in [5.74, 6) is 0.0463. The van der Waals surface area contributed by atoms with E-state index in [1.165, 1.54) is 0 Å². The number of carbonyl (C=O) groups is 1. The molecule has 1 aromatic carbocycles. The van der Waals surface area contributed by atoms with Gasteiger partial charge in [0.25, 0.3) is 0 Å². The summed E-state index contributed by atoms with van der Waals surface area (Å²) in [7, 11) is 4.12. The molecule has 2 N–H and O–H groups in total. The van der Waals surface area contributed by atoms with Crippen LogP contribution >= 0.6 is 11.6 Å². The Labute approximate surface area is 126 Å². The number of rotatable bonds is 9. The molecule has 0 saturated heterocycles. The van der Waals surface area contributed by atoms with Crippen LogP contribution in [-0.4, -0.2) is 44.5 Å². The number of amides is 1. The molecule has 0 saturated carbocycles. The monoisotopic (exact) mass is 297 g/mol. The number of carbonyl (C=O) groups excluding carboxylic acids is 1. The molecule has 0 aliphatic carbocycles. The van der Waals surface area contributed by atoms with Crippen LogP contribution in [0, 0.1) is 0 Å². The highest BCUT2D eigenvalue weighted by atomic mass is 35.5. The van der Waals surface area contributed by atoms with Gasteiger partial charge in [0, 0.05) is 24.5 Å². The van der Waals surface area contributed by atoms with Crippen LogP contribution in [0.4, 0.5) is 0 Å². The van der Waals surface area contributed by atoms with Gasteiger partial charge in [0.1, 0.15) is 0 Å². The van der Waals surface area contributed by atoms with E-state index in [1.807, 2.05) is 24.3 Å². The maximum atomic E-state index is 11.7. The van der Waals surface area contributed by atoms with Crippen LogP contribution < -0.4 is 10.6 Å². The highest BCUT2D eigenvalue weighted by Gasteiger charge is 2.03. The molecule has 1 aromatic rings. The molecule has 0 unspecified atom stereocenters. The number of benzene rings is 1. The minimum Gasteiger partial charge on any atom is -0.352 e. The van der Waals surface area contributed by atoms with Gasteiger partial charge in [-0.25, -0.2) is 0 Å². The van der Waals surface area contributed by atoms with Crippen LogP contribution in [0.1, 0.15) is 18.4 Å². The lowest BCUT2D eigenvalue weighted by Gasteiger charge is -2.10. The van der Waals surface area contributed by atoms with E-state index in [-0.39, 0.29) is 5.91 Å². The quantitative estimate of drug-likeness (QED) is 0.684. The summed E-state index contributed by atoms with van der Waals surface area (Å²) in [6.45, 7) is 3.20. The molecule has 4 nitrogen and oxygen atoms in total. The molecule has 0 fully saturated rings. The summed E-state index contributed by atoms with van der Waals surface area (Å²) in [5, 5.41) is 6.83. The molecule has 1 rings (SSSR count). The number of nitrogens with one attached hydrogen (secondary N) is 2. The van der Waals surface area contributed by atoms with Crippen LogP contribution in [0.3, 0.4) is 0 Å². The largest absolute Gasteiger partial charge is 0.352 e. The smallest absolute Gasteiger partial charge is 0.221 e. The molecule has 112 valence electrons. The van der Waals surface area contributed by atoms with Crippen molar-refractivity contribution < 1.29 is 4.79 Å². The lowest BCUT2D eigenvalue weighted by atomic mass is 10.2. The fraction of sp³-hybridized carbons (Fsp3) is 0.533. The summed E-state index contributed by atoms with van der Waals surface area (Å²) >= 11 is 6.03. The van der Waals surface area contributed by atoms with E-state index in [2.05, 4.69) is 29.6 Å². The van der Waals surface area contributed by atoms with Crippen LogP contribution in [-0.2, 0) is 11.3 Å². The first-order chi connectivity index (χ1) is 9.59. The Balaban J connectivity index is 2.08. The normalized spacial score (nSPS) is 10.8. The molecule has 0 aliphatic rings. The van der Waals surface area contributed by atoms with Gasteiger partial charge in [-0.1, -0.05) is 29.8 Å². The van der Waals surface area contributed by atoms with Gasteiger partial charge in [-0.3, -0.25) is 4.79 Å². The lowest BCUT2D eigenvalue weighted by Crippen LogP contribution is -2.28. The van der Waals surface area contributed by atoms with Crippen molar-refractivity contribution in [2.45, 2.75) is 19.4 Å². The zero-order chi connectivity index (χ0) is 14.8. The Morgan fingerprint density at radius 3 is 2.70 bits per heavy atom. The maximum Gasteiger partial charge on any atom is 0.221 e. The average Bonchev–Trinajstić information content (AvgIpc) is 2.41. The molecular formula is C15H24ClN3O. The zero-order valence-electron chi connectivity index (χ0n) is 12.3. The highest BCUT2D eigenvalue weighted by Crippen LogP contribution is 2.14. The summed E-state index contributed by atoms with van der Waals surface area (Å²) in [6.07, 6.45) is 1.58. The number of halogens is 1. The third-order valence-corrected chi connectivity index (χ3v) is 3.29. The number of nitrogens with zero attached hydrogens (tertiary/aromatic N) is 1. The number of hydrogen-bond donors (Lipinski definition) is 2. The Morgan fingerprint density at radius 2 is 2.00 bits per heavy atom. The molecule has 1 amide bonds. The molecule has 5 heteroatoms. The van der Waals surface area contributed by atoms with E-state index in [0.29, 0.717) is 24.5 Å². The van der Waals surface area contributed by atoms with E-state index >= 15 is 0 Å². The van der Waals surface area contributed by atoms with Gasteiger partial charge in [0.2, 0.25) is 5.91 Å². The fourth-order valence-corrected chi connectivity index (χ4v) is 1.97. The topological polar surface area (TPSA) is 44.4 Å². The predicted molar refractivity (Wildman–Crippen MR) is 84.0 cm³/mol. The Hall–Kier alpha value is -1.10. The van der Waals surface area contributed by atoms with Crippen molar-refractivity contribution in [1.29, 1.82) is 0 Å². The number of hydrogen-bond acceptors (Lipinski definition) is 3. The van der Waals surface area contributed by atoms with E-state index < -0.39 is 0 Å². The van der Waals surface area contributed by atoms with Crippen LogP contribution in [0.5, 0.6) is 0 Å². The van der Waals surface area contributed by atoms with Gasteiger partial charge in [0.05, 0.1) is 0 Å². The van der Waals surface area contributed by atoms with Crippen LogP contribution in [0.2, 0.25) is 5.02 Å². The minimum absolute atomic E-state index is 0.0463. The van der Waals surface area contributed by atoms with Gasteiger partial charge in [-0.2, -0.15) is 0 Å². The standard InChI is InChI=1S/C15H24ClN3O/c1-19(2)11-5-9-17-10-8-15(20)18-12-13-6-3-4-7-14(13)16/h3-4,6-7,17H,5,8-12H2,1-2H3,(H,18,20). The molecule has 0 heterocycles. The lowest BCUT2D eigenvalue weighted by molar-refractivity contribution is -0.121. The van der Waals surface area contributed by atoms with Crippen molar-refractivity contribution in [3.63, 3.8) is 0 Å². The average molecular weight is 298 g/mol. The van der Waals surface area contributed by atoms with Gasteiger partial charge in [0.15, 0.2) is 0 Å². The van der Waals surface area contributed by atoms with Crippen molar-refractivity contribution in [3.8, 4) is 0 Å². The molecule has 0 aromatic heterocycles. The Bertz CT molecular complexity index is 410. The van der Waals surface area contributed by atoms with E-state index in [0.717, 1.165) is 25.1 Å². The van der Waals surface area contributed by atoms with Gasteiger partial charge >= 0.3 is 0 Å². The van der Waals surface area contributed by atoms with Crippen molar-refractivity contribution in [2.24, 2.45) is 0 Å². The van der Waals surface area contributed by atoms with Crippen LogP contribution in [0.25, 0.3) is 0 Å². The van der Waals surface area contributed by atoms with Gasteiger partial charge < -0.3 is 15.5 Å². The second-order valence-electron chi connectivity index (χ2n) is 5.02. The molecule has 0 aliphatic heterocycles. The first-order valence-electron chi connectivity index (χ1n) is 6.95. The summed E-state index contributed by atoms with van der Waals surface area (Å²) < 4.78 is 0.